The first-order chi connectivity index (χ1) is 13.4. The van der Waals surface area contributed by atoms with Gasteiger partial charge in [0.05, 0.1) is 12.5 Å². The van der Waals surface area contributed by atoms with Gasteiger partial charge in [-0.2, -0.15) is 0 Å². The van der Waals surface area contributed by atoms with Crippen molar-refractivity contribution in [3.05, 3.63) is 41.4 Å². The number of nitrogens with one attached hydrogen (secondary N) is 2. The van der Waals surface area contributed by atoms with Crippen molar-refractivity contribution in [2.45, 2.75) is 24.9 Å². The first-order valence-corrected chi connectivity index (χ1v) is 9.64. The fourth-order valence-electron chi connectivity index (χ4n) is 3.92. The minimum absolute atomic E-state index is 0.0102. The van der Waals surface area contributed by atoms with Crippen LogP contribution >= 0.6 is 11.6 Å². The largest absolute Gasteiger partial charge is 0.370 e. The fraction of sp³-hybridized carbons (Fsp3) is 0.450. The lowest BCUT2D eigenvalue weighted by atomic mass is 9.80. The summed E-state index contributed by atoms with van der Waals surface area (Å²) in [4.78, 5) is 38.2. The van der Waals surface area contributed by atoms with Gasteiger partial charge in [-0.3, -0.25) is 14.4 Å². The zero-order valence-electron chi connectivity index (χ0n) is 15.7. The van der Waals surface area contributed by atoms with E-state index >= 15 is 0 Å². The number of hydrogen-bond donors (Lipinski definition) is 2. The molecule has 0 radical (unpaired) electrons. The number of rotatable bonds is 6. The summed E-state index contributed by atoms with van der Waals surface area (Å²) in [6, 6.07) is 5.47. The van der Waals surface area contributed by atoms with Crippen molar-refractivity contribution in [3.8, 4) is 0 Å². The Morgan fingerprint density at radius 1 is 1.43 bits per heavy atom. The lowest BCUT2D eigenvalue weighted by Crippen LogP contribution is -2.49. The molecule has 2 heterocycles. The Kier molecular flexibility index (Phi) is 6.36. The van der Waals surface area contributed by atoms with E-state index in [4.69, 9.17) is 16.3 Å². The van der Waals surface area contributed by atoms with E-state index < -0.39 is 6.10 Å². The lowest BCUT2D eigenvalue weighted by molar-refractivity contribution is -0.143. The first kappa shape index (κ1) is 20.4. The number of carbonyl (C=O) groups is 3. The quantitative estimate of drug-likeness (QED) is 0.708. The normalized spacial score (nSPS) is 20.3. The van der Waals surface area contributed by atoms with Crippen molar-refractivity contribution in [1.29, 1.82) is 0 Å². The second kappa shape index (κ2) is 8.75. The van der Waals surface area contributed by atoms with Crippen molar-refractivity contribution >= 4 is 35.0 Å². The monoisotopic (exact) mass is 405 g/mol. The molecule has 2 unspecified atom stereocenters. The van der Waals surface area contributed by atoms with Crippen LogP contribution in [0.3, 0.4) is 0 Å². The van der Waals surface area contributed by atoms with Crippen LogP contribution in [0, 0.1) is 5.92 Å². The number of likely N-dealkylation sites (tertiary alicyclic amines) is 1. The van der Waals surface area contributed by atoms with E-state index in [1.807, 2.05) is 6.07 Å². The summed E-state index contributed by atoms with van der Waals surface area (Å²) in [5.74, 6) is -0.570. The first-order valence-electron chi connectivity index (χ1n) is 9.26. The van der Waals surface area contributed by atoms with Gasteiger partial charge >= 0.3 is 0 Å². The predicted molar refractivity (Wildman–Crippen MR) is 106 cm³/mol. The maximum atomic E-state index is 12.7. The molecule has 0 spiro atoms. The van der Waals surface area contributed by atoms with Gasteiger partial charge in [-0.25, -0.2) is 0 Å². The molecule has 3 amide bonds. The minimum Gasteiger partial charge on any atom is -0.370 e. The molecule has 3 rings (SSSR count). The summed E-state index contributed by atoms with van der Waals surface area (Å²) in [6.45, 7) is 4.57. The van der Waals surface area contributed by atoms with E-state index in [9.17, 15) is 14.4 Å². The molecule has 0 aromatic heterocycles. The average Bonchev–Trinajstić information content (AvgIpc) is 3.02. The van der Waals surface area contributed by atoms with Crippen molar-refractivity contribution in [3.63, 3.8) is 0 Å². The lowest BCUT2D eigenvalue weighted by Gasteiger charge is -2.35. The highest BCUT2D eigenvalue weighted by Crippen LogP contribution is 2.42. The molecular weight excluding hydrogens is 382 g/mol. The van der Waals surface area contributed by atoms with Crippen LogP contribution in [0.15, 0.2) is 30.9 Å². The maximum absolute atomic E-state index is 12.7. The van der Waals surface area contributed by atoms with Crippen LogP contribution in [-0.4, -0.2) is 55.5 Å². The number of methoxy groups -OCH3 is 1. The van der Waals surface area contributed by atoms with Gasteiger partial charge in [0, 0.05) is 30.9 Å². The van der Waals surface area contributed by atoms with Crippen LogP contribution in [0.4, 0.5) is 5.69 Å². The Hall–Kier alpha value is -2.38. The second-order valence-electron chi connectivity index (χ2n) is 7.03. The molecule has 2 aliphatic rings. The Labute approximate surface area is 169 Å². The molecule has 1 aromatic rings. The molecule has 2 atom stereocenters. The number of nitrogens with zero attached hydrogens (tertiary/aromatic N) is 1. The number of ether oxygens (including phenoxy) is 1. The van der Waals surface area contributed by atoms with Crippen LogP contribution in [0.25, 0.3) is 0 Å². The molecule has 0 saturated carbocycles. The number of anilines is 1. The van der Waals surface area contributed by atoms with Crippen LogP contribution in [0.2, 0.25) is 5.02 Å². The summed E-state index contributed by atoms with van der Waals surface area (Å²) in [5, 5.41) is 6.08. The summed E-state index contributed by atoms with van der Waals surface area (Å²) >= 11 is 6.02. The van der Waals surface area contributed by atoms with Crippen LogP contribution in [0.5, 0.6) is 0 Å². The minimum atomic E-state index is -0.738. The van der Waals surface area contributed by atoms with Crippen LogP contribution in [-0.2, 0) is 19.1 Å². The summed E-state index contributed by atoms with van der Waals surface area (Å²) in [5.41, 5.74) is 1.75. The van der Waals surface area contributed by atoms with E-state index in [0.29, 0.717) is 18.1 Å². The smallest absolute Gasteiger partial charge is 0.253 e. The molecule has 7 nitrogen and oxygen atoms in total. The van der Waals surface area contributed by atoms with E-state index in [1.54, 1.807) is 17.0 Å². The molecule has 2 aliphatic heterocycles. The third-order valence-corrected chi connectivity index (χ3v) is 5.66. The third kappa shape index (κ3) is 4.20. The highest BCUT2D eigenvalue weighted by molar-refractivity contribution is 6.31. The molecule has 28 heavy (non-hydrogen) atoms. The highest BCUT2D eigenvalue weighted by atomic mass is 35.5. The third-order valence-electron chi connectivity index (χ3n) is 5.42. The van der Waals surface area contributed by atoms with Crippen LogP contribution in [0.1, 0.15) is 24.3 Å². The molecule has 0 aliphatic carbocycles. The van der Waals surface area contributed by atoms with Gasteiger partial charge in [-0.05, 0) is 42.5 Å². The topological polar surface area (TPSA) is 87.7 Å². The zero-order valence-corrected chi connectivity index (χ0v) is 16.5. The number of amides is 3. The van der Waals surface area contributed by atoms with Gasteiger partial charge in [0.2, 0.25) is 11.8 Å². The number of piperidine rings is 1. The summed E-state index contributed by atoms with van der Waals surface area (Å²) < 4.78 is 5.24. The van der Waals surface area contributed by atoms with Gasteiger partial charge in [0.25, 0.3) is 5.91 Å². The van der Waals surface area contributed by atoms with Gasteiger partial charge < -0.3 is 20.3 Å². The zero-order chi connectivity index (χ0) is 20.3. The van der Waals surface area contributed by atoms with Crippen molar-refractivity contribution in [1.82, 2.24) is 10.2 Å². The number of fused-ring (bicyclic) bond motifs is 1. The molecule has 1 aromatic carbocycles. The molecule has 1 saturated heterocycles. The SMILES string of the molecule is C=CC(=O)NCC(OC)C(=O)N1CCC(C2C(=O)Nc3cc(Cl)ccc32)CC1. The van der Waals surface area contributed by atoms with E-state index in [0.717, 1.165) is 30.2 Å². The maximum Gasteiger partial charge on any atom is 0.253 e. The van der Waals surface area contributed by atoms with Gasteiger partial charge in [-0.1, -0.05) is 24.2 Å². The highest BCUT2D eigenvalue weighted by Gasteiger charge is 2.39. The van der Waals surface area contributed by atoms with E-state index in [1.165, 1.54) is 7.11 Å². The molecular formula is C20H24ClN3O4. The molecule has 0 bridgehead atoms. The Bertz CT molecular complexity index is 790. The molecule has 1 fully saturated rings. The molecule has 150 valence electrons. The number of carbonyl (C=O) groups excluding carboxylic acids is 3. The van der Waals surface area contributed by atoms with Gasteiger partial charge in [-0.15, -0.1) is 0 Å². The Morgan fingerprint density at radius 2 is 2.14 bits per heavy atom. The number of benzene rings is 1. The summed E-state index contributed by atoms with van der Waals surface area (Å²) in [7, 11) is 1.44. The van der Waals surface area contributed by atoms with Gasteiger partial charge in [0.15, 0.2) is 6.10 Å². The van der Waals surface area contributed by atoms with Crippen molar-refractivity contribution in [2.75, 3.05) is 32.1 Å². The predicted octanol–water partition coefficient (Wildman–Crippen LogP) is 1.93. The molecule has 2 N–H and O–H groups in total. The van der Waals surface area contributed by atoms with E-state index in [-0.39, 0.29) is 36.1 Å². The molecule has 8 heteroatoms. The van der Waals surface area contributed by atoms with Gasteiger partial charge in [0.1, 0.15) is 0 Å². The second-order valence-corrected chi connectivity index (χ2v) is 7.47. The number of hydrogen-bond acceptors (Lipinski definition) is 4. The van der Waals surface area contributed by atoms with Crippen LogP contribution < -0.4 is 10.6 Å². The fourth-order valence-corrected chi connectivity index (χ4v) is 4.09. The average molecular weight is 406 g/mol. The van der Waals surface area contributed by atoms with Crippen molar-refractivity contribution in [2.24, 2.45) is 5.92 Å². The Morgan fingerprint density at radius 3 is 2.79 bits per heavy atom. The Balaban J connectivity index is 1.60. The standard InChI is InChI=1S/C20H24ClN3O4/c1-3-17(25)22-11-16(28-2)20(27)24-8-6-12(7-9-24)18-14-5-4-13(21)10-15(14)23-19(18)26/h3-5,10,12,16,18H,1,6-9,11H2,2H3,(H,22,25)(H,23,26). The van der Waals surface area contributed by atoms with E-state index in [2.05, 4.69) is 17.2 Å². The van der Waals surface area contributed by atoms with Crippen molar-refractivity contribution < 1.29 is 19.1 Å². The number of halogens is 1. The summed E-state index contributed by atoms with van der Waals surface area (Å²) in [6.07, 6.45) is 1.86.